The molecule has 3 aromatic rings. The van der Waals surface area contributed by atoms with Crippen LogP contribution in [0.5, 0.6) is 0 Å². The average molecular weight is 429 g/mol. The Labute approximate surface area is 174 Å². The summed E-state index contributed by atoms with van der Waals surface area (Å²) in [5.41, 5.74) is 1.28. The molecule has 1 N–H and O–H groups in total. The monoisotopic (exact) mass is 428 g/mol. The number of para-hydroxylation sites is 2. The number of likely N-dealkylation sites (tertiary alicyclic amines) is 1. The third-order valence-electron chi connectivity index (χ3n) is 5.57. The van der Waals surface area contributed by atoms with Crippen molar-refractivity contribution in [1.82, 2.24) is 18.8 Å². The Bertz CT molecular complexity index is 1220. The first kappa shape index (κ1) is 20.4. The Morgan fingerprint density at radius 3 is 2.27 bits per heavy atom. The van der Waals surface area contributed by atoms with E-state index < -0.39 is 10.0 Å². The van der Waals surface area contributed by atoms with Gasteiger partial charge in [0.1, 0.15) is 6.54 Å². The van der Waals surface area contributed by atoms with Crippen LogP contribution in [0.1, 0.15) is 12.8 Å². The number of aryl methyl sites for hydroxylation is 1. The van der Waals surface area contributed by atoms with E-state index in [0.717, 1.165) is 11.0 Å². The lowest BCUT2D eigenvalue weighted by Crippen LogP contribution is -2.47. The highest BCUT2D eigenvalue weighted by atomic mass is 32.2. The molecule has 0 bridgehead atoms. The van der Waals surface area contributed by atoms with Crippen molar-refractivity contribution in [2.24, 2.45) is 7.05 Å². The highest BCUT2D eigenvalue weighted by molar-refractivity contribution is 7.89. The molecule has 1 aliphatic rings. The van der Waals surface area contributed by atoms with Gasteiger partial charge < -0.3 is 4.90 Å². The largest absolute Gasteiger partial charge is 0.341 e. The van der Waals surface area contributed by atoms with Gasteiger partial charge in [-0.05, 0) is 37.1 Å². The molecule has 0 atom stereocenters. The summed E-state index contributed by atoms with van der Waals surface area (Å²) in [6.45, 7) is 0.862. The molecule has 4 rings (SSSR count). The van der Waals surface area contributed by atoms with Crippen LogP contribution in [-0.4, -0.2) is 47.5 Å². The molecule has 0 radical (unpaired) electrons. The number of rotatable bonds is 5. The lowest BCUT2D eigenvalue weighted by atomic mass is 10.1. The maximum Gasteiger partial charge on any atom is 0.329 e. The summed E-state index contributed by atoms with van der Waals surface area (Å²) in [4.78, 5) is 27.3. The minimum Gasteiger partial charge on any atom is -0.341 e. The molecule has 1 aliphatic heterocycles. The van der Waals surface area contributed by atoms with Gasteiger partial charge in [-0.15, -0.1) is 0 Å². The van der Waals surface area contributed by atoms with Gasteiger partial charge in [0.2, 0.25) is 15.9 Å². The van der Waals surface area contributed by atoms with Gasteiger partial charge in [-0.25, -0.2) is 17.9 Å². The Morgan fingerprint density at radius 2 is 1.60 bits per heavy atom. The average Bonchev–Trinajstić information content (AvgIpc) is 3.00. The number of nitrogens with one attached hydrogen (secondary N) is 1. The molecule has 2 heterocycles. The number of carbonyl (C=O) groups excluding carboxylic acids is 1. The van der Waals surface area contributed by atoms with Crippen LogP contribution in [0.15, 0.2) is 64.3 Å². The quantitative estimate of drug-likeness (QED) is 0.663. The first-order chi connectivity index (χ1) is 14.4. The molecule has 1 amide bonds. The second-order valence-electron chi connectivity index (χ2n) is 7.51. The van der Waals surface area contributed by atoms with Crippen LogP contribution in [0.25, 0.3) is 11.0 Å². The van der Waals surface area contributed by atoms with E-state index in [2.05, 4.69) is 4.72 Å². The molecular formula is C21H24N4O4S. The standard InChI is InChI=1S/C21H24N4O4S/c1-23-18-9-5-6-10-19(18)25(21(23)27)15-20(26)24-13-11-16(12-14-24)22-30(28,29)17-7-3-2-4-8-17/h2-10,16,22H,11-15H2,1H3. The van der Waals surface area contributed by atoms with Crippen molar-refractivity contribution < 1.29 is 13.2 Å². The number of imidazole rings is 1. The number of nitrogens with zero attached hydrogens (tertiary/aromatic N) is 3. The van der Waals surface area contributed by atoms with Gasteiger partial charge in [-0.2, -0.15) is 0 Å². The number of aromatic nitrogens is 2. The molecule has 0 unspecified atom stereocenters. The number of fused-ring (bicyclic) bond motifs is 1. The molecule has 0 aliphatic carbocycles. The van der Waals surface area contributed by atoms with Gasteiger partial charge in [-0.3, -0.25) is 13.9 Å². The van der Waals surface area contributed by atoms with Crippen molar-refractivity contribution in [2.75, 3.05) is 13.1 Å². The Hall–Kier alpha value is -2.91. The Kier molecular flexibility index (Phi) is 5.48. The molecule has 158 valence electrons. The van der Waals surface area contributed by atoms with Crippen LogP contribution < -0.4 is 10.4 Å². The first-order valence-electron chi connectivity index (χ1n) is 9.86. The van der Waals surface area contributed by atoms with Gasteiger partial charge in [0, 0.05) is 26.2 Å². The van der Waals surface area contributed by atoms with E-state index in [1.54, 1.807) is 42.3 Å². The van der Waals surface area contributed by atoms with Crippen molar-refractivity contribution >= 4 is 27.0 Å². The van der Waals surface area contributed by atoms with Gasteiger partial charge in [0.25, 0.3) is 0 Å². The van der Waals surface area contributed by atoms with Crippen molar-refractivity contribution in [2.45, 2.75) is 30.3 Å². The summed E-state index contributed by atoms with van der Waals surface area (Å²) in [7, 11) is -1.88. The summed E-state index contributed by atoms with van der Waals surface area (Å²) in [6, 6.07) is 15.4. The fraction of sp³-hybridized carbons (Fsp3) is 0.333. The molecule has 0 saturated carbocycles. The van der Waals surface area contributed by atoms with Crippen molar-refractivity contribution in [3.63, 3.8) is 0 Å². The fourth-order valence-corrected chi connectivity index (χ4v) is 5.21. The summed E-state index contributed by atoms with van der Waals surface area (Å²) in [5.74, 6) is -0.141. The third kappa shape index (κ3) is 3.90. The molecule has 1 aromatic heterocycles. The Balaban J connectivity index is 1.40. The van der Waals surface area contributed by atoms with Crippen LogP contribution in [-0.2, 0) is 28.4 Å². The number of piperidine rings is 1. The van der Waals surface area contributed by atoms with E-state index in [1.165, 1.54) is 9.13 Å². The fourth-order valence-electron chi connectivity index (χ4n) is 3.89. The predicted molar refractivity (Wildman–Crippen MR) is 114 cm³/mol. The van der Waals surface area contributed by atoms with E-state index in [9.17, 15) is 18.0 Å². The van der Waals surface area contributed by atoms with Gasteiger partial charge in [-0.1, -0.05) is 30.3 Å². The zero-order chi connectivity index (χ0) is 21.3. The van der Waals surface area contributed by atoms with Crippen molar-refractivity contribution in [1.29, 1.82) is 0 Å². The SMILES string of the molecule is Cn1c(=O)n(CC(=O)N2CCC(NS(=O)(=O)c3ccccc3)CC2)c2ccccc21. The second kappa shape index (κ2) is 8.08. The van der Waals surface area contributed by atoms with E-state index in [0.29, 0.717) is 25.9 Å². The Morgan fingerprint density at radius 1 is 1.00 bits per heavy atom. The number of amides is 1. The molecule has 2 aromatic carbocycles. The first-order valence-corrected chi connectivity index (χ1v) is 11.3. The molecule has 0 spiro atoms. The summed E-state index contributed by atoms with van der Waals surface area (Å²) in [6.07, 6.45) is 1.06. The topological polar surface area (TPSA) is 93.4 Å². The number of hydrogen-bond donors (Lipinski definition) is 1. The molecule has 30 heavy (non-hydrogen) atoms. The number of sulfonamides is 1. The lowest BCUT2D eigenvalue weighted by molar-refractivity contribution is -0.132. The minimum atomic E-state index is -3.58. The summed E-state index contributed by atoms with van der Waals surface area (Å²) >= 11 is 0. The van der Waals surface area contributed by atoms with Gasteiger partial charge in [0.15, 0.2) is 0 Å². The molecular weight excluding hydrogens is 404 g/mol. The van der Waals surface area contributed by atoms with Crippen LogP contribution in [0.2, 0.25) is 0 Å². The molecule has 9 heteroatoms. The number of carbonyl (C=O) groups is 1. The van der Waals surface area contributed by atoms with E-state index in [-0.39, 0.29) is 29.1 Å². The summed E-state index contributed by atoms with van der Waals surface area (Å²) < 4.78 is 30.7. The zero-order valence-electron chi connectivity index (χ0n) is 16.7. The molecule has 1 saturated heterocycles. The second-order valence-corrected chi connectivity index (χ2v) is 9.22. The third-order valence-corrected chi connectivity index (χ3v) is 7.10. The maximum absolute atomic E-state index is 12.8. The van der Waals surface area contributed by atoms with Gasteiger partial charge >= 0.3 is 5.69 Å². The maximum atomic E-state index is 12.8. The number of benzene rings is 2. The highest BCUT2D eigenvalue weighted by Crippen LogP contribution is 2.16. The normalized spacial score (nSPS) is 15.6. The molecule has 1 fully saturated rings. The smallest absolute Gasteiger partial charge is 0.329 e. The van der Waals surface area contributed by atoms with Crippen molar-refractivity contribution in [3.05, 3.63) is 65.1 Å². The van der Waals surface area contributed by atoms with Gasteiger partial charge in [0.05, 0.1) is 15.9 Å². The van der Waals surface area contributed by atoms with E-state index >= 15 is 0 Å². The van der Waals surface area contributed by atoms with Crippen LogP contribution in [0.3, 0.4) is 0 Å². The van der Waals surface area contributed by atoms with Crippen LogP contribution in [0.4, 0.5) is 0 Å². The predicted octanol–water partition coefficient (Wildman–Crippen LogP) is 1.31. The highest BCUT2D eigenvalue weighted by Gasteiger charge is 2.27. The van der Waals surface area contributed by atoms with Crippen LogP contribution >= 0.6 is 0 Å². The van der Waals surface area contributed by atoms with E-state index in [4.69, 9.17) is 0 Å². The summed E-state index contributed by atoms with van der Waals surface area (Å²) in [5, 5.41) is 0. The van der Waals surface area contributed by atoms with Crippen LogP contribution in [0, 0.1) is 0 Å². The lowest BCUT2D eigenvalue weighted by Gasteiger charge is -2.32. The van der Waals surface area contributed by atoms with E-state index in [1.807, 2.05) is 24.3 Å². The zero-order valence-corrected chi connectivity index (χ0v) is 17.5. The van der Waals surface area contributed by atoms with Crippen molar-refractivity contribution in [3.8, 4) is 0 Å². The minimum absolute atomic E-state index is 0.0272. The number of hydrogen-bond acceptors (Lipinski definition) is 4. The molecule has 8 nitrogen and oxygen atoms in total.